The standard InChI is InChI=1S/C19H20O3/c20-19(21)22-18-12-5-4-11-17(18)16-10-6-9-15(13-16)14-7-2-1-3-8-14/h4-6,9-14H,1-3,7-8H2,(H,20,21). The lowest BCUT2D eigenvalue weighted by atomic mass is 9.83. The van der Waals surface area contributed by atoms with Gasteiger partial charge in [-0.2, -0.15) is 0 Å². The zero-order chi connectivity index (χ0) is 15.4. The van der Waals surface area contributed by atoms with Crippen molar-refractivity contribution in [3.05, 3.63) is 54.1 Å². The lowest BCUT2D eigenvalue weighted by molar-refractivity contribution is 0.144. The van der Waals surface area contributed by atoms with Crippen molar-refractivity contribution in [2.24, 2.45) is 0 Å². The molecule has 0 saturated heterocycles. The van der Waals surface area contributed by atoms with Crippen LogP contribution in [0.3, 0.4) is 0 Å². The Morgan fingerprint density at radius 1 is 1.00 bits per heavy atom. The van der Waals surface area contributed by atoms with Crippen LogP contribution in [0.2, 0.25) is 0 Å². The monoisotopic (exact) mass is 296 g/mol. The van der Waals surface area contributed by atoms with Gasteiger partial charge in [0.05, 0.1) is 0 Å². The van der Waals surface area contributed by atoms with Crippen molar-refractivity contribution >= 4 is 6.16 Å². The van der Waals surface area contributed by atoms with Crippen LogP contribution in [-0.2, 0) is 0 Å². The van der Waals surface area contributed by atoms with Crippen LogP contribution in [0, 0.1) is 0 Å². The Hall–Kier alpha value is -2.29. The fourth-order valence-corrected chi connectivity index (χ4v) is 3.28. The highest BCUT2D eigenvalue weighted by molar-refractivity contribution is 5.74. The molecule has 0 heterocycles. The summed E-state index contributed by atoms with van der Waals surface area (Å²) in [4.78, 5) is 10.8. The molecule has 0 atom stereocenters. The number of hydrogen-bond donors (Lipinski definition) is 1. The van der Waals surface area contributed by atoms with E-state index in [0.29, 0.717) is 11.7 Å². The molecule has 0 aromatic heterocycles. The fraction of sp³-hybridized carbons (Fsp3) is 0.316. The molecular formula is C19H20O3. The maximum atomic E-state index is 10.8. The zero-order valence-corrected chi connectivity index (χ0v) is 12.5. The van der Waals surface area contributed by atoms with Crippen LogP contribution < -0.4 is 4.74 Å². The van der Waals surface area contributed by atoms with Crippen LogP contribution in [0.4, 0.5) is 4.79 Å². The van der Waals surface area contributed by atoms with Gasteiger partial charge >= 0.3 is 6.16 Å². The Bertz CT molecular complexity index is 657. The molecule has 1 fully saturated rings. The summed E-state index contributed by atoms with van der Waals surface area (Å²) in [5.41, 5.74) is 3.19. The number of carboxylic acid groups (broad SMARTS) is 1. The van der Waals surface area contributed by atoms with E-state index in [9.17, 15) is 4.79 Å². The SMILES string of the molecule is O=C(O)Oc1ccccc1-c1cccc(C2CCCCC2)c1. The third-order valence-electron chi connectivity index (χ3n) is 4.36. The van der Waals surface area contributed by atoms with E-state index in [-0.39, 0.29) is 0 Å². The molecule has 2 aromatic rings. The van der Waals surface area contributed by atoms with Gasteiger partial charge in [-0.1, -0.05) is 61.7 Å². The Balaban J connectivity index is 1.93. The molecule has 1 aliphatic carbocycles. The normalized spacial score (nSPS) is 15.5. The molecule has 0 aliphatic heterocycles. The maximum absolute atomic E-state index is 10.8. The van der Waals surface area contributed by atoms with Crippen molar-refractivity contribution in [1.29, 1.82) is 0 Å². The molecule has 0 radical (unpaired) electrons. The van der Waals surface area contributed by atoms with Gasteiger partial charge in [-0.05, 0) is 36.0 Å². The van der Waals surface area contributed by atoms with Crippen molar-refractivity contribution in [3.8, 4) is 16.9 Å². The summed E-state index contributed by atoms with van der Waals surface area (Å²) in [5.74, 6) is 1.01. The Morgan fingerprint density at radius 3 is 2.55 bits per heavy atom. The topological polar surface area (TPSA) is 46.5 Å². The summed E-state index contributed by atoms with van der Waals surface area (Å²) in [7, 11) is 0. The van der Waals surface area contributed by atoms with Crippen molar-refractivity contribution < 1.29 is 14.6 Å². The van der Waals surface area contributed by atoms with Crippen molar-refractivity contribution in [3.63, 3.8) is 0 Å². The number of carbonyl (C=O) groups is 1. The van der Waals surface area contributed by atoms with E-state index < -0.39 is 6.16 Å². The largest absolute Gasteiger partial charge is 0.511 e. The Morgan fingerprint density at radius 2 is 1.77 bits per heavy atom. The van der Waals surface area contributed by atoms with Crippen LogP contribution in [0.25, 0.3) is 11.1 Å². The minimum atomic E-state index is -1.28. The minimum absolute atomic E-state index is 0.385. The van der Waals surface area contributed by atoms with E-state index in [1.165, 1.54) is 37.7 Å². The summed E-state index contributed by atoms with van der Waals surface area (Å²) < 4.78 is 4.90. The molecular weight excluding hydrogens is 276 g/mol. The predicted octanol–water partition coefficient (Wildman–Crippen LogP) is 5.46. The second-order valence-corrected chi connectivity index (χ2v) is 5.82. The summed E-state index contributed by atoms with van der Waals surface area (Å²) >= 11 is 0. The van der Waals surface area contributed by atoms with E-state index in [0.717, 1.165) is 11.1 Å². The third kappa shape index (κ3) is 3.30. The number of rotatable bonds is 3. The molecule has 1 aliphatic rings. The molecule has 1 saturated carbocycles. The van der Waals surface area contributed by atoms with Gasteiger partial charge in [0.15, 0.2) is 0 Å². The highest BCUT2D eigenvalue weighted by Crippen LogP contribution is 2.36. The van der Waals surface area contributed by atoms with Crippen LogP contribution >= 0.6 is 0 Å². The smallest absolute Gasteiger partial charge is 0.449 e. The molecule has 22 heavy (non-hydrogen) atoms. The molecule has 0 amide bonds. The first-order valence-electron chi connectivity index (χ1n) is 7.84. The lowest BCUT2D eigenvalue weighted by Gasteiger charge is -2.22. The second kappa shape index (κ2) is 6.65. The Labute approximate surface area is 130 Å². The van der Waals surface area contributed by atoms with Crippen LogP contribution in [0.1, 0.15) is 43.6 Å². The summed E-state index contributed by atoms with van der Waals surface area (Å²) in [6.45, 7) is 0. The first-order chi connectivity index (χ1) is 10.7. The van der Waals surface area contributed by atoms with Gasteiger partial charge in [0.1, 0.15) is 5.75 Å². The van der Waals surface area contributed by atoms with E-state index >= 15 is 0 Å². The van der Waals surface area contributed by atoms with Crippen molar-refractivity contribution in [2.45, 2.75) is 38.0 Å². The van der Waals surface area contributed by atoms with Crippen molar-refractivity contribution in [2.75, 3.05) is 0 Å². The molecule has 3 heteroatoms. The van der Waals surface area contributed by atoms with E-state index in [1.807, 2.05) is 18.2 Å². The van der Waals surface area contributed by atoms with E-state index in [1.54, 1.807) is 12.1 Å². The quantitative estimate of drug-likeness (QED) is 0.604. The van der Waals surface area contributed by atoms with Gasteiger partial charge in [0, 0.05) is 5.56 Å². The van der Waals surface area contributed by atoms with E-state index in [4.69, 9.17) is 9.84 Å². The van der Waals surface area contributed by atoms with Gasteiger partial charge in [0.2, 0.25) is 0 Å². The molecule has 1 N–H and O–H groups in total. The first kappa shape index (κ1) is 14.6. The van der Waals surface area contributed by atoms with E-state index in [2.05, 4.69) is 18.2 Å². The van der Waals surface area contributed by atoms with Gasteiger partial charge < -0.3 is 9.84 Å². The average Bonchev–Trinajstić information content (AvgIpc) is 2.56. The zero-order valence-electron chi connectivity index (χ0n) is 12.5. The maximum Gasteiger partial charge on any atom is 0.511 e. The molecule has 0 spiro atoms. The molecule has 114 valence electrons. The summed E-state index contributed by atoms with van der Waals surface area (Å²) in [5, 5.41) is 8.87. The minimum Gasteiger partial charge on any atom is -0.449 e. The first-order valence-corrected chi connectivity index (χ1v) is 7.84. The summed E-state index contributed by atoms with van der Waals surface area (Å²) in [6.07, 6.45) is 5.15. The second-order valence-electron chi connectivity index (χ2n) is 5.82. The van der Waals surface area contributed by atoms with Crippen LogP contribution in [-0.4, -0.2) is 11.3 Å². The Kier molecular flexibility index (Phi) is 4.42. The molecule has 2 aromatic carbocycles. The predicted molar refractivity (Wildman–Crippen MR) is 86.4 cm³/mol. The fourth-order valence-electron chi connectivity index (χ4n) is 3.28. The van der Waals surface area contributed by atoms with Gasteiger partial charge in [-0.25, -0.2) is 4.79 Å². The number of para-hydroxylation sites is 1. The highest BCUT2D eigenvalue weighted by atomic mass is 16.7. The number of benzene rings is 2. The van der Waals surface area contributed by atoms with Gasteiger partial charge in [-0.15, -0.1) is 0 Å². The highest BCUT2D eigenvalue weighted by Gasteiger charge is 2.16. The molecule has 3 rings (SSSR count). The molecule has 0 bridgehead atoms. The summed E-state index contributed by atoms with van der Waals surface area (Å²) in [6, 6.07) is 15.7. The average molecular weight is 296 g/mol. The lowest BCUT2D eigenvalue weighted by Crippen LogP contribution is -2.05. The molecule has 3 nitrogen and oxygen atoms in total. The van der Waals surface area contributed by atoms with Gasteiger partial charge in [0.25, 0.3) is 0 Å². The van der Waals surface area contributed by atoms with Crippen LogP contribution in [0.15, 0.2) is 48.5 Å². The third-order valence-corrected chi connectivity index (χ3v) is 4.36. The molecule has 0 unspecified atom stereocenters. The van der Waals surface area contributed by atoms with Crippen molar-refractivity contribution in [1.82, 2.24) is 0 Å². The number of hydrogen-bond acceptors (Lipinski definition) is 2. The van der Waals surface area contributed by atoms with Gasteiger partial charge in [-0.3, -0.25) is 0 Å². The van der Waals surface area contributed by atoms with Crippen LogP contribution in [0.5, 0.6) is 5.75 Å². The number of ether oxygens (including phenoxy) is 1.